The normalized spacial score (nSPS) is 18.0. The molecule has 0 radical (unpaired) electrons. The quantitative estimate of drug-likeness (QED) is 0.802. The van der Waals surface area contributed by atoms with Gasteiger partial charge in [0.15, 0.2) is 16.9 Å². The number of piperazine rings is 1. The average molecular weight is 316 g/mol. The number of hydrogen-bond donors (Lipinski definition) is 1. The van der Waals surface area contributed by atoms with Crippen molar-refractivity contribution in [1.29, 1.82) is 0 Å². The van der Waals surface area contributed by atoms with Gasteiger partial charge in [0.2, 0.25) is 0 Å². The van der Waals surface area contributed by atoms with Crippen LogP contribution in [0.3, 0.4) is 0 Å². The summed E-state index contributed by atoms with van der Waals surface area (Å²) in [5, 5.41) is 0. The molecule has 5 nitrogen and oxygen atoms in total. The number of hydrogen-bond acceptors (Lipinski definition) is 4. The van der Waals surface area contributed by atoms with Gasteiger partial charge in [-0.05, 0) is 6.07 Å². The summed E-state index contributed by atoms with van der Waals surface area (Å²) in [6.45, 7) is 4.79. The van der Waals surface area contributed by atoms with Crippen molar-refractivity contribution in [2.24, 2.45) is 0 Å². The van der Waals surface area contributed by atoms with Gasteiger partial charge < -0.3 is 14.2 Å². The standard InChI is InChI=1S/C14H21FN2O3S/c1-20-10-9-16-5-7-17(8-6-16)13-4-2-3-12(14(13)15)11-21(18)19/h2-4H,5-11H2,1H3,(H,18,19). The van der Waals surface area contributed by atoms with E-state index in [1.165, 1.54) is 0 Å². The first-order valence-electron chi connectivity index (χ1n) is 6.93. The number of rotatable bonds is 6. The highest BCUT2D eigenvalue weighted by Gasteiger charge is 2.20. The van der Waals surface area contributed by atoms with Gasteiger partial charge in [-0.15, -0.1) is 0 Å². The van der Waals surface area contributed by atoms with Gasteiger partial charge in [-0.2, -0.15) is 0 Å². The van der Waals surface area contributed by atoms with E-state index >= 15 is 0 Å². The van der Waals surface area contributed by atoms with Gasteiger partial charge in [0.05, 0.1) is 18.0 Å². The zero-order chi connectivity index (χ0) is 15.2. The Morgan fingerprint density at radius 1 is 1.33 bits per heavy atom. The molecule has 21 heavy (non-hydrogen) atoms. The van der Waals surface area contributed by atoms with Crippen molar-refractivity contribution in [3.63, 3.8) is 0 Å². The maximum atomic E-state index is 14.4. The molecule has 1 unspecified atom stereocenters. The second-order valence-corrected chi connectivity index (χ2v) is 5.97. The summed E-state index contributed by atoms with van der Waals surface area (Å²) in [6, 6.07) is 5.02. The van der Waals surface area contributed by atoms with Crippen LogP contribution < -0.4 is 4.90 Å². The lowest BCUT2D eigenvalue weighted by Crippen LogP contribution is -2.47. The van der Waals surface area contributed by atoms with Crippen molar-refractivity contribution in [2.75, 3.05) is 51.3 Å². The van der Waals surface area contributed by atoms with Gasteiger partial charge >= 0.3 is 0 Å². The van der Waals surface area contributed by atoms with Crippen LogP contribution in [0.4, 0.5) is 10.1 Å². The van der Waals surface area contributed by atoms with E-state index in [1.807, 2.05) is 4.90 Å². The first kappa shape index (κ1) is 16.4. The monoisotopic (exact) mass is 316 g/mol. The minimum Gasteiger partial charge on any atom is -0.383 e. The Hall–Kier alpha value is -1.02. The van der Waals surface area contributed by atoms with E-state index in [1.54, 1.807) is 25.3 Å². The van der Waals surface area contributed by atoms with Gasteiger partial charge in [0.25, 0.3) is 0 Å². The summed E-state index contributed by atoms with van der Waals surface area (Å²) in [5.74, 6) is -0.557. The van der Waals surface area contributed by atoms with Crippen molar-refractivity contribution < 1.29 is 17.9 Å². The fourth-order valence-electron chi connectivity index (χ4n) is 2.49. The average Bonchev–Trinajstić information content (AvgIpc) is 2.47. The summed E-state index contributed by atoms with van der Waals surface area (Å²) < 4.78 is 39.2. The highest BCUT2D eigenvalue weighted by molar-refractivity contribution is 7.78. The molecule has 118 valence electrons. The van der Waals surface area contributed by atoms with Crippen molar-refractivity contribution in [3.05, 3.63) is 29.6 Å². The largest absolute Gasteiger partial charge is 0.383 e. The molecule has 0 spiro atoms. The van der Waals surface area contributed by atoms with E-state index in [0.29, 0.717) is 12.3 Å². The third-order valence-electron chi connectivity index (χ3n) is 3.66. The van der Waals surface area contributed by atoms with Crippen molar-refractivity contribution in [1.82, 2.24) is 4.90 Å². The molecular formula is C14H21FN2O3S. The molecule has 7 heteroatoms. The molecule has 1 saturated heterocycles. The Bertz CT molecular complexity index is 493. The Labute approximate surface area is 127 Å². The number of anilines is 1. The highest BCUT2D eigenvalue weighted by atomic mass is 32.2. The van der Waals surface area contributed by atoms with Crippen LogP contribution >= 0.6 is 0 Å². The molecule has 0 amide bonds. The lowest BCUT2D eigenvalue weighted by molar-refractivity contribution is 0.144. The zero-order valence-electron chi connectivity index (χ0n) is 12.1. The van der Waals surface area contributed by atoms with Crippen LogP contribution in [0.15, 0.2) is 18.2 Å². The second kappa shape index (κ2) is 7.84. The van der Waals surface area contributed by atoms with Crippen LogP contribution in [-0.2, 0) is 21.6 Å². The summed E-state index contributed by atoms with van der Waals surface area (Å²) >= 11 is -2.03. The number of ether oxygens (including phenoxy) is 1. The van der Waals surface area contributed by atoms with Crippen molar-refractivity contribution in [3.8, 4) is 0 Å². The molecule has 1 aromatic rings. The lowest BCUT2D eigenvalue weighted by atomic mass is 10.1. The molecule has 1 heterocycles. The van der Waals surface area contributed by atoms with Crippen LogP contribution in [0.1, 0.15) is 5.56 Å². The number of benzene rings is 1. The van der Waals surface area contributed by atoms with E-state index in [-0.39, 0.29) is 17.1 Å². The Morgan fingerprint density at radius 3 is 2.67 bits per heavy atom. The fraction of sp³-hybridized carbons (Fsp3) is 0.571. The molecule has 0 bridgehead atoms. The summed E-state index contributed by atoms with van der Waals surface area (Å²) in [5.41, 5.74) is 0.805. The van der Waals surface area contributed by atoms with Crippen molar-refractivity contribution in [2.45, 2.75) is 5.75 Å². The first-order chi connectivity index (χ1) is 10.1. The molecule has 1 fully saturated rings. The molecule has 1 atom stereocenters. The molecular weight excluding hydrogens is 295 g/mol. The van der Waals surface area contributed by atoms with Crippen molar-refractivity contribution >= 4 is 16.8 Å². The minimum absolute atomic E-state index is 0.173. The first-order valence-corrected chi connectivity index (χ1v) is 8.20. The number of nitrogens with zero attached hydrogens (tertiary/aromatic N) is 2. The molecule has 1 aromatic carbocycles. The molecule has 2 rings (SSSR count). The van der Waals surface area contributed by atoms with Gasteiger partial charge in [-0.1, -0.05) is 12.1 Å². The van der Waals surface area contributed by atoms with Crippen LogP contribution in [0.5, 0.6) is 0 Å². The SMILES string of the molecule is COCCN1CCN(c2cccc(CS(=O)O)c2F)CC1. The van der Waals surface area contributed by atoms with Gasteiger partial charge in [-0.3, -0.25) is 4.90 Å². The summed E-state index contributed by atoms with van der Waals surface area (Å²) in [7, 11) is 1.68. The summed E-state index contributed by atoms with van der Waals surface area (Å²) in [6.07, 6.45) is 0. The minimum atomic E-state index is -2.03. The Kier molecular flexibility index (Phi) is 6.10. The van der Waals surface area contributed by atoms with Gasteiger partial charge in [0, 0.05) is 45.4 Å². The molecule has 0 saturated carbocycles. The highest BCUT2D eigenvalue weighted by Crippen LogP contribution is 2.24. The molecule has 0 aliphatic carbocycles. The number of methoxy groups -OCH3 is 1. The third kappa shape index (κ3) is 4.47. The molecule has 1 N–H and O–H groups in total. The number of halogens is 1. The predicted octanol–water partition coefficient (Wildman–Crippen LogP) is 1.32. The zero-order valence-corrected chi connectivity index (χ0v) is 12.9. The molecule has 0 aromatic heterocycles. The van der Waals surface area contributed by atoms with Crippen LogP contribution in [-0.4, -0.2) is 60.1 Å². The van der Waals surface area contributed by atoms with E-state index < -0.39 is 11.1 Å². The molecule has 1 aliphatic heterocycles. The Morgan fingerprint density at radius 2 is 2.05 bits per heavy atom. The van der Waals surface area contributed by atoms with Crippen LogP contribution in [0.2, 0.25) is 0 Å². The van der Waals surface area contributed by atoms with Gasteiger partial charge in [0.1, 0.15) is 0 Å². The van der Waals surface area contributed by atoms with E-state index in [9.17, 15) is 8.60 Å². The fourth-order valence-corrected chi connectivity index (χ4v) is 2.98. The van der Waals surface area contributed by atoms with E-state index in [0.717, 1.165) is 32.7 Å². The third-order valence-corrected chi connectivity index (χ3v) is 4.22. The molecule has 1 aliphatic rings. The topological polar surface area (TPSA) is 53.0 Å². The second-order valence-electron chi connectivity index (χ2n) is 5.04. The van der Waals surface area contributed by atoms with Crippen LogP contribution in [0.25, 0.3) is 0 Å². The van der Waals surface area contributed by atoms with Crippen LogP contribution in [0, 0.1) is 5.82 Å². The van der Waals surface area contributed by atoms with E-state index in [4.69, 9.17) is 9.29 Å². The van der Waals surface area contributed by atoms with Gasteiger partial charge in [-0.25, -0.2) is 8.60 Å². The Balaban J connectivity index is 2.01. The summed E-state index contributed by atoms with van der Waals surface area (Å²) in [4.78, 5) is 4.27. The van der Waals surface area contributed by atoms with E-state index in [2.05, 4.69) is 4.90 Å². The maximum absolute atomic E-state index is 14.4. The predicted molar refractivity (Wildman–Crippen MR) is 81.4 cm³/mol. The smallest absolute Gasteiger partial charge is 0.157 e. The maximum Gasteiger partial charge on any atom is 0.157 e. The lowest BCUT2D eigenvalue weighted by Gasteiger charge is -2.36.